The molecule has 1 aromatic heterocycles. The Bertz CT molecular complexity index is 531. The van der Waals surface area contributed by atoms with Crippen molar-refractivity contribution in [1.29, 1.82) is 0 Å². The van der Waals surface area contributed by atoms with Crippen molar-refractivity contribution in [3.63, 3.8) is 0 Å². The van der Waals surface area contributed by atoms with Crippen molar-refractivity contribution in [2.45, 2.75) is 39.0 Å². The van der Waals surface area contributed by atoms with Crippen LogP contribution in [0.3, 0.4) is 0 Å². The van der Waals surface area contributed by atoms with Gasteiger partial charge in [0.2, 0.25) is 0 Å². The van der Waals surface area contributed by atoms with Gasteiger partial charge in [0.15, 0.2) is 5.78 Å². The van der Waals surface area contributed by atoms with Crippen molar-refractivity contribution < 1.29 is 9.59 Å². The number of ketones is 1. The van der Waals surface area contributed by atoms with Crippen LogP contribution in [0, 0.1) is 0 Å². The van der Waals surface area contributed by atoms with Crippen molar-refractivity contribution >= 4 is 33.7 Å². The summed E-state index contributed by atoms with van der Waals surface area (Å²) >= 11 is 1.35. The Morgan fingerprint density at radius 2 is 1.71 bits per heavy atom. The number of Topliss-reactive ketones (excluding diaryl/α,β-unsaturated/α-hetero) is 1. The lowest BCUT2D eigenvalue weighted by Crippen LogP contribution is -2.29. The molecule has 0 aromatic carbocycles. The second-order valence-electron chi connectivity index (χ2n) is 5.42. The quantitative estimate of drug-likeness (QED) is 0.842. The van der Waals surface area contributed by atoms with Crippen LogP contribution in [0.2, 0.25) is 0 Å². The number of rotatable bonds is 3. The normalized spacial score (nSPS) is 16.2. The first-order valence-corrected chi connectivity index (χ1v) is 8.28. The van der Waals surface area contributed by atoms with Gasteiger partial charge in [0.25, 0.3) is 5.91 Å². The highest BCUT2D eigenvalue weighted by atomic mass is 32.1. The third kappa shape index (κ3) is 3.37. The molecule has 0 saturated carbocycles. The van der Waals surface area contributed by atoms with Gasteiger partial charge >= 0.3 is 0 Å². The van der Waals surface area contributed by atoms with E-state index in [2.05, 4.69) is 10.2 Å². The molecular weight excluding hydrogens is 286 g/mol. The van der Waals surface area contributed by atoms with Crippen molar-refractivity contribution in [3.05, 3.63) is 10.4 Å². The number of nitrogens with zero attached hydrogens (tertiary/aromatic N) is 1. The second-order valence-corrected chi connectivity index (χ2v) is 6.41. The van der Waals surface area contributed by atoms with E-state index in [9.17, 15) is 9.59 Å². The Hall–Kier alpha value is -1.56. The first-order valence-electron chi connectivity index (χ1n) is 7.46. The molecule has 1 saturated heterocycles. The summed E-state index contributed by atoms with van der Waals surface area (Å²) in [7, 11) is 1.59. The highest BCUT2D eigenvalue weighted by molar-refractivity contribution is 7.19. The summed E-state index contributed by atoms with van der Waals surface area (Å²) in [5.41, 5.74) is 6.85. The molecule has 1 fully saturated rings. The molecule has 1 aliphatic heterocycles. The van der Waals surface area contributed by atoms with Gasteiger partial charge in [0.1, 0.15) is 5.00 Å². The van der Waals surface area contributed by atoms with Gasteiger partial charge in [-0.1, -0.05) is 19.3 Å². The average Bonchev–Trinajstić information content (AvgIpc) is 2.75. The van der Waals surface area contributed by atoms with E-state index < -0.39 is 0 Å². The first kappa shape index (κ1) is 15.8. The van der Waals surface area contributed by atoms with E-state index in [0.29, 0.717) is 16.1 Å². The van der Waals surface area contributed by atoms with E-state index in [1.54, 1.807) is 7.05 Å². The maximum absolute atomic E-state index is 12.2. The Morgan fingerprint density at radius 1 is 1.14 bits per heavy atom. The maximum Gasteiger partial charge on any atom is 0.256 e. The SMILES string of the molecule is CNC(=O)c1c(N2CCCCCCC2)sc(C(C)=O)c1N. The van der Waals surface area contributed by atoms with Gasteiger partial charge in [-0.25, -0.2) is 0 Å². The minimum atomic E-state index is -0.215. The largest absolute Gasteiger partial charge is 0.397 e. The number of nitrogen functional groups attached to an aromatic ring is 1. The van der Waals surface area contributed by atoms with Gasteiger partial charge in [0.05, 0.1) is 16.1 Å². The van der Waals surface area contributed by atoms with Crippen LogP contribution in [0.15, 0.2) is 0 Å². The number of hydrogen-bond acceptors (Lipinski definition) is 5. The Labute approximate surface area is 129 Å². The molecule has 116 valence electrons. The number of thiophene rings is 1. The van der Waals surface area contributed by atoms with E-state index in [1.165, 1.54) is 37.5 Å². The fourth-order valence-electron chi connectivity index (χ4n) is 2.71. The molecular formula is C15H23N3O2S. The van der Waals surface area contributed by atoms with Crippen LogP contribution in [0.1, 0.15) is 59.1 Å². The van der Waals surface area contributed by atoms with E-state index in [-0.39, 0.29) is 11.7 Å². The van der Waals surface area contributed by atoms with Gasteiger partial charge in [-0.2, -0.15) is 0 Å². The third-order valence-corrected chi connectivity index (χ3v) is 5.21. The van der Waals surface area contributed by atoms with Gasteiger partial charge in [-0.05, 0) is 12.8 Å². The molecule has 1 aliphatic rings. The number of carbonyl (C=O) groups excluding carboxylic acids is 2. The zero-order valence-electron chi connectivity index (χ0n) is 12.7. The summed E-state index contributed by atoms with van der Waals surface area (Å²) in [6, 6.07) is 0. The second kappa shape index (κ2) is 6.93. The topological polar surface area (TPSA) is 75.4 Å². The predicted molar refractivity (Wildman–Crippen MR) is 87.4 cm³/mol. The molecule has 1 amide bonds. The summed E-state index contributed by atoms with van der Waals surface area (Å²) in [5, 5.41) is 3.48. The van der Waals surface area contributed by atoms with Crippen LogP contribution < -0.4 is 16.0 Å². The van der Waals surface area contributed by atoms with Gasteiger partial charge in [-0.15, -0.1) is 11.3 Å². The van der Waals surface area contributed by atoms with E-state index >= 15 is 0 Å². The van der Waals surface area contributed by atoms with Crippen molar-refractivity contribution in [2.24, 2.45) is 0 Å². The van der Waals surface area contributed by atoms with E-state index in [1.807, 2.05) is 0 Å². The minimum Gasteiger partial charge on any atom is -0.397 e. The van der Waals surface area contributed by atoms with E-state index in [4.69, 9.17) is 5.73 Å². The fraction of sp³-hybridized carbons (Fsp3) is 0.600. The lowest BCUT2D eigenvalue weighted by molar-refractivity contribution is 0.0964. The zero-order valence-corrected chi connectivity index (χ0v) is 13.5. The van der Waals surface area contributed by atoms with Crippen LogP contribution in [0.4, 0.5) is 10.7 Å². The summed E-state index contributed by atoms with van der Waals surface area (Å²) in [6.45, 7) is 3.33. The van der Waals surface area contributed by atoms with Crippen LogP contribution >= 0.6 is 11.3 Å². The number of nitrogens with two attached hydrogens (primary N) is 1. The first-order chi connectivity index (χ1) is 10.1. The molecule has 6 heteroatoms. The lowest BCUT2D eigenvalue weighted by atomic mass is 10.1. The summed E-state index contributed by atoms with van der Waals surface area (Å²) < 4.78 is 0. The molecule has 0 atom stereocenters. The Balaban J connectivity index is 2.42. The van der Waals surface area contributed by atoms with Crippen molar-refractivity contribution in [1.82, 2.24) is 5.32 Å². The predicted octanol–water partition coefficient (Wildman–Crippen LogP) is 2.66. The molecule has 5 nitrogen and oxygen atoms in total. The smallest absolute Gasteiger partial charge is 0.256 e. The minimum absolute atomic E-state index is 0.0825. The van der Waals surface area contributed by atoms with Crippen LogP contribution in [0.25, 0.3) is 0 Å². The number of amides is 1. The molecule has 0 unspecified atom stereocenters. The Kier molecular flexibility index (Phi) is 5.22. The zero-order chi connectivity index (χ0) is 15.4. The highest BCUT2D eigenvalue weighted by Crippen LogP contribution is 2.39. The number of anilines is 2. The number of hydrogen-bond donors (Lipinski definition) is 2. The monoisotopic (exact) mass is 309 g/mol. The third-order valence-electron chi connectivity index (χ3n) is 3.84. The highest BCUT2D eigenvalue weighted by Gasteiger charge is 2.26. The summed E-state index contributed by atoms with van der Waals surface area (Å²) in [4.78, 5) is 26.6. The number of carbonyl (C=O) groups is 2. The van der Waals surface area contributed by atoms with Crippen LogP contribution in [0.5, 0.6) is 0 Å². The standard InChI is InChI=1S/C15H23N3O2S/c1-10(19)13-12(16)11(14(20)17-2)15(21-13)18-8-6-4-3-5-7-9-18/h3-9,16H2,1-2H3,(H,17,20). The lowest BCUT2D eigenvalue weighted by Gasteiger charge is -2.26. The van der Waals surface area contributed by atoms with Crippen LogP contribution in [-0.4, -0.2) is 31.8 Å². The molecule has 21 heavy (non-hydrogen) atoms. The fourth-order valence-corrected chi connectivity index (χ4v) is 3.88. The number of nitrogens with one attached hydrogen (secondary N) is 1. The molecule has 0 aliphatic carbocycles. The van der Waals surface area contributed by atoms with Crippen molar-refractivity contribution in [3.8, 4) is 0 Å². The van der Waals surface area contributed by atoms with Gasteiger partial charge in [-0.3, -0.25) is 9.59 Å². The molecule has 3 N–H and O–H groups in total. The molecule has 2 rings (SSSR count). The maximum atomic E-state index is 12.2. The average molecular weight is 309 g/mol. The van der Waals surface area contributed by atoms with Crippen molar-refractivity contribution in [2.75, 3.05) is 30.8 Å². The van der Waals surface area contributed by atoms with E-state index in [0.717, 1.165) is 30.9 Å². The molecule has 0 bridgehead atoms. The van der Waals surface area contributed by atoms with Gasteiger partial charge in [0, 0.05) is 27.1 Å². The molecule has 1 aromatic rings. The summed E-state index contributed by atoms with van der Waals surface area (Å²) in [6.07, 6.45) is 5.93. The Morgan fingerprint density at radius 3 is 2.24 bits per heavy atom. The molecule has 0 radical (unpaired) electrons. The molecule has 0 spiro atoms. The molecule has 2 heterocycles. The van der Waals surface area contributed by atoms with Gasteiger partial charge < -0.3 is 16.0 Å². The summed E-state index contributed by atoms with van der Waals surface area (Å²) in [5.74, 6) is -0.297. The van der Waals surface area contributed by atoms with Crippen LogP contribution in [-0.2, 0) is 0 Å².